The number of imide groups is 1. The third-order valence-corrected chi connectivity index (χ3v) is 7.76. The van der Waals surface area contributed by atoms with Crippen LogP contribution in [0.25, 0.3) is 6.08 Å². The van der Waals surface area contributed by atoms with Crippen molar-refractivity contribution in [1.82, 2.24) is 4.90 Å². The van der Waals surface area contributed by atoms with Gasteiger partial charge in [-0.1, -0.05) is 51.8 Å². The first-order valence-corrected chi connectivity index (χ1v) is 14.2. The number of Topliss-reactive ketones (excluding diaryl/α,β-unsaturated/α-hetero) is 1. The van der Waals surface area contributed by atoms with Gasteiger partial charge in [-0.2, -0.15) is 0 Å². The average Bonchev–Trinajstić information content (AvgIpc) is 3.12. The Balaban J connectivity index is 1.52. The van der Waals surface area contributed by atoms with Crippen LogP contribution in [0.15, 0.2) is 70.0 Å². The van der Waals surface area contributed by atoms with Crippen LogP contribution in [0, 0.1) is 3.57 Å². The van der Waals surface area contributed by atoms with Crippen molar-refractivity contribution in [3.05, 3.63) is 95.3 Å². The molecule has 0 spiro atoms. The fraction of sp³-hybridized carbons (Fsp3) is 0.148. The van der Waals surface area contributed by atoms with E-state index in [1.54, 1.807) is 48.5 Å². The minimum Gasteiger partial charge on any atom is -0.490 e. The first kappa shape index (κ1) is 27.7. The lowest BCUT2D eigenvalue weighted by Crippen LogP contribution is -2.33. The van der Waals surface area contributed by atoms with Gasteiger partial charge in [0.25, 0.3) is 11.1 Å². The van der Waals surface area contributed by atoms with Crippen molar-refractivity contribution in [1.29, 1.82) is 0 Å². The van der Waals surface area contributed by atoms with Gasteiger partial charge in [0, 0.05) is 15.1 Å². The molecule has 1 aliphatic rings. The zero-order valence-corrected chi connectivity index (χ0v) is 24.8. The number of rotatable bonds is 9. The molecule has 2 amide bonds. The molecule has 190 valence electrons. The van der Waals surface area contributed by atoms with E-state index in [2.05, 4.69) is 38.5 Å². The molecule has 1 aliphatic heterocycles. The van der Waals surface area contributed by atoms with Crippen molar-refractivity contribution in [2.45, 2.75) is 13.5 Å². The van der Waals surface area contributed by atoms with Crippen LogP contribution in [0.3, 0.4) is 0 Å². The monoisotopic (exact) mass is 711 g/mol. The number of nitrogens with zero attached hydrogens (tertiary/aromatic N) is 1. The summed E-state index contributed by atoms with van der Waals surface area (Å²) in [6, 6.07) is 17.8. The van der Waals surface area contributed by atoms with Gasteiger partial charge < -0.3 is 9.47 Å². The topological polar surface area (TPSA) is 72.9 Å². The highest BCUT2D eigenvalue weighted by Gasteiger charge is 2.36. The molecular weight excluding hydrogens is 693 g/mol. The van der Waals surface area contributed by atoms with Gasteiger partial charge in [-0.05, 0) is 94.9 Å². The maximum absolute atomic E-state index is 13.0. The third-order valence-electron chi connectivity index (χ3n) is 5.27. The SMILES string of the molecule is CCOc1cc(/C=C2/SC(=O)N(CC(=O)c3ccc(Br)cc3)C2=O)cc(I)c1OCc1ccc(Cl)cc1. The van der Waals surface area contributed by atoms with Gasteiger partial charge in [-0.25, -0.2) is 0 Å². The van der Waals surface area contributed by atoms with Crippen LogP contribution < -0.4 is 9.47 Å². The maximum atomic E-state index is 13.0. The molecule has 0 unspecified atom stereocenters. The molecule has 0 aliphatic carbocycles. The number of ether oxygens (including phenoxy) is 2. The second-order valence-corrected chi connectivity index (χ2v) is 11.4. The van der Waals surface area contributed by atoms with E-state index in [0.29, 0.717) is 40.9 Å². The molecule has 1 fully saturated rings. The predicted octanol–water partition coefficient (Wildman–Crippen LogP) is 7.60. The van der Waals surface area contributed by atoms with Crippen LogP contribution in [-0.4, -0.2) is 35.0 Å². The standard InChI is InChI=1S/C27H20BrClINO5S/c1-2-35-23-12-17(11-21(30)25(23)36-15-16-3-9-20(29)10-4-16)13-24-26(33)31(27(34)37-24)14-22(32)18-5-7-19(28)8-6-18/h3-13H,2,14-15H2,1H3/b24-13+. The normalized spacial score (nSPS) is 14.4. The summed E-state index contributed by atoms with van der Waals surface area (Å²) in [5.74, 6) is 0.296. The summed E-state index contributed by atoms with van der Waals surface area (Å²) < 4.78 is 13.5. The smallest absolute Gasteiger partial charge is 0.293 e. The van der Waals surface area contributed by atoms with Gasteiger partial charge >= 0.3 is 0 Å². The predicted molar refractivity (Wildman–Crippen MR) is 157 cm³/mol. The molecule has 10 heteroatoms. The maximum Gasteiger partial charge on any atom is 0.293 e. The van der Waals surface area contributed by atoms with Crippen LogP contribution >= 0.6 is 61.9 Å². The number of thioether (sulfide) groups is 1. The largest absolute Gasteiger partial charge is 0.490 e. The lowest BCUT2D eigenvalue weighted by Gasteiger charge is -2.15. The van der Waals surface area contributed by atoms with Crippen molar-refractivity contribution in [3.63, 3.8) is 0 Å². The van der Waals surface area contributed by atoms with Crippen LogP contribution in [0.4, 0.5) is 4.79 Å². The van der Waals surface area contributed by atoms with Crippen molar-refractivity contribution >= 4 is 84.9 Å². The fourth-order valence-corrected chi connectivity index (χ4v) is 5.48. The first-order chi connectivity index (χ1) is 17.7. The number of amides is 2. The number of hydrogen-bond acceptors (Lipinski definition) is 6. The summed E-state index contributed by atoms with van der Waals surface area (Å²) in [6.45, 7) is 2.31. The van der Waals surface area contributed by atoms with Crippen LogP contribution in [0.5, 0.6) is 11.5 Å². The molecule has 0 atom stereocenters. The Morgan fingerprint density at radius 1 is 1.08 bits per heavy atom. The molecule has 0 radical (unpaired) electrons. The summed E-state index contributed by atoms with van der Waals surface area (Å²) in [7, 11) is 0. The molecular formula is C27H20BrClINO5S. The first-order valence-electron chi connectivity index (χ1n) is 11.1. The Morgan fingerprint density at radius 3 is 2.46 bits per heavy atom. The summed E-state index contributed by atoms with van der Waals surface area (Å²) in [5.41, 5.74) is 2.06. The van der Waals surface area contributed by atoms with Gasteiger partial charge in [0.15, 0.2) is 17.3 Å². The van der Waals surface area contributed by atoms with Crippen LogP contribution in [-0.2, 0) is 11.4 Å². The van der Waals surface area contributed by atoms with E-state index in [4.69, 9.17) is 21.1 Å². The molecule has 3 aromatic carbocycles. The number of carbonyl (C=O) groups is 3. The van der Waals surface area contributed by atoms with E-state index in [0.717, 1.165) is 30.3 Å². The molecule has 4 rings (SSSR count). The molecule has 1 saturated heterocycles. The van der Waals surface area contributed by atoms with Crippen molar-refractivity contribution in [2.24, 2.45) is 0 Å². The minimum absolute atomic E-state index is 0.238. The van der Waals surface area contributed by atoms with E-state index in [9.17, 15) is 14.4 Å². The molecule has 0 aromatic heterocycles. The quantitative estimate of drug-likeness (QED) is 0.129. The van der Waals surface area contributed by atoms with Crippen molar-refractivity contribution in [3.8, 4) is 11.5 Å². The highest BCUT2D eigenvalue weighted by molar-refractivity contribution is 14.1. The summed E-state index contributed by atoms with van der Waals surface area (Å²) in [5, 5.41) is 0.170. The van der Waals surface area contributed by atoms with Gasteiger partial charge in [-0.15, -0.1) is 0 Å². The van der Waals surface area contributed by atoms with Crippen molar-refractivity contribution in [2.75, 3.05) is 13.2 Å². The molecule has 0 saturated carbocycles. The van der Waals surface area contributed by atoms with Gasteiger partial charge in [-0.3, -0.25) is 19.3 Å². The Kier molecular flexibility index (Phi) is 9.33. The fourth-order valence-electron chi connectivity index (χ4n) is 3.47. The Morgan fingerprint density at radius 2 is 1.78 bits per heavy atom. The van der Waals surface area contributed by atoms with E-state index >= 15 is 0 Å². The molecule has 37 heavy (non-hydrogen) atoms. The van der Waals surface area contributed by atoms with Crippen molar-refractivity contribution < 1.29 is 23.9 Å². The van der Waals surface area contributed by atoms with Gasteiger partial charge in [0.2, 0.25) is 0 Å². The van der Waals surface area contributed by atoms with E-state index in [-0.39, 0.29) is 17.2 Å². The van der Waals surface area contributed by atoms with Crippen LogP contribution in [0.1, 0.15) is 28.4 Å². The molecule has 0 N–H and O–H groups in total. The molecule has 1 heterocycles. The van der Waals surface area contributed by atoms with E-state index < -0.39 is 11.1 Å². The van der Waals surface area contributed by atoms with E-state index in [1.807, 2.05) is 25.1 Å². The number of benzene rings is 3. The lowest BCUT2D eigenvalue weighted by atomic mass is 10.1. The Bertz CT molecular complexity index is 1380. The summed E-state index contributed by atoms with van der Waals surface area (Å²) in [6.07, 6.45) is 1.63. The highest BCUT2D eigenvalue weighted by Crippen LogP contribution is 2.38. The molecule has 0 bridgehead atoms. The van der Waals surface area contributed by atoms with Gasteiger partial charge in [0.1, 0.15) is 6.61 Å². The van der Waals surface area contributed by atoms with E-state index in [1.165, 1.54) is 0 Å². The minimum atomic E-state index is -0.503. The number of hydrogen-bond donors (Lipinski definition) is 0. The number of carbonyl (C=O) groups excluding carboxylic acids is 3. The van der Waals surface area contributed by atoms with Crippen LogP contribution in [0.2, 0.25) is 5.02 Å². The summed E-state index contributed by atoms with van der Waals surface area (Å²) >= 11 is 12.2. The Labute approximate surface area is 245 Å². The third kappa shape index (κ3) is 6.95. The molecule has 3 aromatic rings. The van der Waals surface area contributed by atoms with Gasteiger partial charge in [0.05, 0.1) is 21.6 Å². The second-order valence-electron chi connectivity index (χ2n) is 7.88. The lowest BCUT2D eigenvalue weighted by molar-refractivity contribution is -0.122. The zero-order chi connectivity index (χ0) is 26.5. The zero-order valence-electron chi connectivity index (χ0n) is 19.5. The number of halogens is 3. The number of ketones is 1. The highest BCUT2D eigenvalue weighted by atomic mass is 127. The second kappa shape index (κ2) is 12.5. The average molecular weight is 713 g/mol. The Hall–Kier alpha value is -2.34. The molecule has 6 nitrogen and oxygen atoms in total. The summed E-state index contributed by atoms with van der Waals surface area (Å²) in [4.78, 5) is 39.4.